The average molecular weight is 174 g/mol. The molecule has 0 aromatic heterocycles. The number of aliphatic hydroxyl groups excluding tert-OH is 1. The van der Waals surface area contributed by atoms with Gasteiger partial charge in [0.15, 0.2) is 0 Å². The molecule has 0 radical (unpaired) electrons. The minimum absolute atomic E-state index is 0.0971. The zero-order valence-electron chi connectivity index (χ0n) is 7.83. The molecule has 0 saturated heterocycles. The van der Waals surface area contributed by atoms with Gasteiger partial charge in [0.05, 0.1) is 0 Å². The maximum absolute atomic E-state index is 9.33. The fourth-order valence-electron chi connectivity index (χ4n) is 1.24. The van der Waals surface area contributed by atoms with E-state index >= 15 is 0 Å². The van der Waals surface area contributed by atoms with Crippen LogP contribution in [0, 0.1) is 5.92 Å². The number of allylic oxidation sites excluding steroid dienone is 1. The van der Waals surface area contributed by atoms with Crippen molar-refractivity contribution in [1.82, 2.24) is 0 Å². The maximum Gasteiger partial charge on any atom is 0.137 e. The van der Waals surface area contributed by atoms with Crippen molar-refractivity contribution in [3.05, 3.63) is 54.0 Å². The second kappa shape index (κ2) is 4.54. The van der Waals surface area contributed by atoms with Crippen LogP contribution in [0.25, 0.3) is 0 Å². The predicted molar refractivity (Wildman–Crippen MR) is 54.6 cm³/mol. The molecule has 1 N–H and O–H groups in total. The molecule has 0 bridgehead atoms. The highest BCUT2D eigenvalue weighted by Crippen LogP contribution is 2.13. The van der Waals surface area contributed by atoms with Gasteiger partial charge in [-0.05, 0) is 12.0 Å². The Balaban J connectivity index is 2.65. The molecule has 1 aromatic rings. The Morgan fingerprint density at radius 1 is 1.46 bits per heavy atom. The SMILES string of the molecule is C=C=C(O)C(C)Cc1ccccc1. The minimum Gasteiger partial charge on any atom is -0.504 e. The van der Waals surface area contributed by atoms with Crippen molar-refractivity contribution in [2.24, 2.45) is 5.92 Å². The van der Waals surface area contributed by atoms with Gasteiger partial charge in [0.25, 0.3) is 0 Å². The molecule has 68 valence electrons. The zero-order chi connectivity index (χ0) is 9.68. The standard InChI is InChI=1S/C12H14O/c1-3-12(13)10(2)9-11-7-5-4-6-8-11/h4-8,10,13H,1,9H2,2H3. The van der Waals surface area contributed by atoms with Crippen LogP contribution in [0.1, 0.15) is 12.5 Å². The maximum atomic E-state index is 9.33. The van der Waals surface area contributed by atoms with Crippen LogP contribution in [0.15, 0.2) is 48.4 Å². The van der Waals surface area contributed by atoms with Crippen LogP contribution < -0.4 is 0 Å². The highest BCUT2D eigenvalue weighted by molar-refractivity contribution is 5.16. The fraction of sp³-hybridized carbons (Fsp3) is 0.250. The summed E-state index contributed by atoms with van der Waals surface area (Å²) in [4.78, 5) is 0. The lowest BCUT2D eigenvalue weighted by Crippen LogP contribution is -2.01. The summed E-state index contributed by atoms with van der Waals surface area (Å²) in [7, 11) is 0. The Kier molecular flexibility index (Phi) is 3.36. The van der Waals surface area contributed by atoms with E-state index < -0.39 is 0 Å². The summed E-state index contributed by atoms with van der Waals surface area (Å²) in [5, 5.41) is 9.33. The topological polar surface area (TPSA) is 20.2 Å². The second-order valence-electron chi connectivity index (χ2n) is 3.15. The number of aliphatic hydroxyl groups is 1. The number of rotatable bonds is 3. The summed E-state index contributed by atoms with van der Waals surface area (Å²) in [6.45, 7) is 5.37. The highest BCUT2D eigenvalue weighted by atomic mass is 16.3. The molecule has 1 aromatic carbocycles. The molecule has 0 aliphatic heterocycles. The first-order valence-electron chi connectivity index (χ1n) is 4.37. The van der Waals surface area contributed by atoms with Crippen molar-refractivity contribution in [1.29, 1.82) is 0 Å². The van der Waals surface area contributed by atoms with Crippen LogP contribution in [-0.2, 0) is 6.42 Å². The lowest BCUT2D eigenvalue weighted by Gasteiger charge is -2.08. The van der Waals surface area contributed by atoms with Crippen LogP contribution in [-0.4, -0.2) is 5.11 Å². The molecular weight excluding hydrogens is 160 g/mol. The van der Waals surface area contributed by atoms with Crippen molar-refractivity contribution >= 4 is 0 Å². The third-order valence-corrected chi connectivity index (χ3v) is 2.03. The van der Waals surface area contributed by atoms with E-state index in [1.807, 2.05) is 37.3 Å². The summed E-state index contributed by atoms with van der Waals surface area (Å²) in [6.07, 6.45) is 0.829. The van der Waals surface area contributed by atoms with Crippen LogP contribution in [0.4, 0.5) is 0 Å². The molecule has 1 rings (SSSR count). The Hall–Kier alpha value is -1.46. The van der Waals surface area contributed by atoms with Gasteiger partial charge in [-0.3, -0.25) is 0 Å². The first-order valence-corrected chi connectivity index (χ1v) is 4.37. The lowest BCUT2D eigenvalue weighted by atomic mass is 10.00. The third-order valence-electron chi connectivity index (χ3n) is 2.03. The smallest absolute Gasteiger partial charge is 0.137 e. The van der Waals surface area contributed by atoms with Gasteiger partial charge in [-0.1, -0.05) is 49.6 Å². The second-order valence-corrected chi connectivity index (χ2v) is 3.15. The van der Waals surface area contributed by atoms with E-state index in [2.05, 4.69) is 12.3 Å². The van der Waals surface area contributed by atoms with E-state index in [0.29, 0.717) is 0 Å². The molecule has 13 heavy (non-hydrogen) atoms. The van der Waals surface area contributed by atoms with Crippen LogP contribution in [0.3, 0.4) is 0 Å². The van der Waals surface area contributed by atoms with Gasteiger partial charge in [0.1, 0.15) is 5.76 Å². The molecule has 0 aliphatic carbocycles. The van der Waals surface area contributed by atoms with Gasteiger partial charge < -0.3 is 5.11 Å². The van der Waals surface area contributed by atoms with Gasteiger partial charge in [0.2, 0.25) is 0 Å². The van der Waals surface area contributed by atoms with E-state index in [1.165, 1.54) is 5.56 Å². The Morgan fingerprint density at radius 3 is 2.62 bits per heavy atom. The molecular formula is C12H14O. The Bertz CT molecular complexity index is 307. The molecule has 0 heterocycles. The van der Waals surface area contributed by atoms with Gasteiger partial charge in [-0.15, -0.1) is 0 Å². The van der Waals surface area contributed by atoms with Gasteiger partial charge in [-0.2, -0.15) is 0 Å². The van der Waals surface area contributed by atoms with Crippen molar-refractivity contribution < 1.29 is 5.11 Å². The summed E-state index contributed by atoms with van der Waals surface area (Å²) < 4.78 is 0. The van der Waals surface area contributed by atoms with Crippen LogP contribution in [0.5, 0.6) is 0 Å². The van der Waals surface area contributed by atoms with Crippen LogP contribution >= 0.6 is 0 Å². The molecule has 1 atom stereocenters. The number of hydrogen-bond donors (Lipinski definition) is 1. The summed E-state index contributed by atoms with van der Waals surface area (Å²) >= 11 is 0. The summed E-state index contributed by atoms with van der Waals surface area (Å²) in [5.41, 5.74) is 3.73. The minimum atomic E-state index is 0.0971. The molecule has 0 amide bonds. The highest BCUT2D eigenvalue weighted by Gasteiger charge is 2.06. The van der Waals surface area contributed by atoms with E-state index in [9.17, 15) is 5.11 Å². The number of benzene rings is 1. The zero-order valence-corrected chi connectivity index (χ0v) is 7.83. The van der Waals surface area contributed by atoms with Gasteiger partial charge in [-0.25, -0.2) is 0 Å². The summed E-state index contributed by atoms with van der Waals surface area (Å²) in [5.74, 6) is 0.337. The normalized spacial score (nSPS) is 11.8. The van der Waals surface area contributed by atoms with Crippen molar-refractivity contribution in [2.75, 3.05) is 0 Å². The molecule has 0 saturated carbocycles. The molecule has 1 nitrogen and oxygen atoms in total. The van der Waals surface area contributed by atoms with Crippen LogP contribution in [0.2, 0.25) is 0 Å². The van der Waals surface area contributed by atoms with E-state index in [4.69, 9.17) is 0 Å². The Labute approximate surface area is 79.0 Å². The predicted octanol–water partition coefficient (Wildman–Crippen LogP) is 3.09. The van der Waals surface area contributed by atoms with E-state index in [1.54, 1.807) is 0 Å². The third kappa shape index (κ3) is 2.81. The fourth-order valence-corrected chi connectivity index (χ4v) is 1.24. The Morgan fingerprint density at radius 2 is 2.08 bits per heavy atom. The summed E-state index contributed by atoms with van der Waals surface area (Å²) in [6, 6.07) is 10.1. The molecule has 1 unspecified atom stereocenters. The monoisotopic (exact) mass is 174 g/mol. The van der Waals surface area contributed by atoms with Gasteiger partial charge >= 0.3 is 0 Å². The largest absolute Gasteiger partial charge is 0.504 e. The van der Waals surface area contributed by atoms with Crippen molar-refractivity contribution in [3.8, 4) is 0 Å². The average Bonchev–Trinajstić information content (AvgIpc) is 2.18. The van der Waals surface area contributed by atoms with E-state index in [0.717, 1.165) is 6.42 Å². The van der Waals surface area contributed by atoms with Crippen molar-refractivity contribution in [3.63, 3.8) is 0 Å². The lowest BCUT2D eigenvalue weighted by molar-refractivity contribution is 0.341. The molecule has 1 heteroatoms. The van der Waals surface area contributed by atoms with E-state index in [-0.39, 0.29) is 11.7 Å². The molecule has 0 spiro atoms. The van der Waals surface area contributed by atoms with Crippen molar-refractivity contribution in [2.45, 2.75) is 13.3 Å². The molecule has 0 fully saturated rings. The molecule has 0 aliphatic rings. The number of hydrogen-bond acceptors (Lipinski definition) is 1. The first-order chi connectivity index (χ1) is 6.24. The first kappa shape index (κ1) is 9.63. The van der Waals surface area contributed by atoms with Gasteiger partial charge in [0, 0.05) is 5.92 Å². The quantitative estimate of drug-likeness (QED) is 0.551.